The number of piperazine rings is 1. The molecule has 1 saturated heterocycles. The van der Waals surface area contributed by atoms with Crippen molar-refractivity contribution in [3.8, 4) is 0 Å². The van der Waals surface area contributed by atoms with Gasteiger partial charge < -0.3 is 9.80 Å². The van der Waals surface area contributed by atoms with Crippen LogP contribution in [-0.4, -0.2) is 51.8 Å². The van der Waals surface area contributed by atoms with Gasteiger partial charge in [-0.25, -0.2) is 9.67 Å². The first-order chi connectivity index (χ1) is 13.6. The molecule has 2 heterocycles. The molecule has 0 unspecified atom stereocenters. The Balaban J connectivity index is 1.42. The summed E-state index contributed by atoms with van der Waals surface area (Å²) >= 11 is 0. The number of nitrogens with zero attached hydrogens (tertiary/aromatic N) is 5. The van der Waals surface area contributed by atoms with Gasteiger partial charge in [-0.05, 0) is 48.7 Å². The molecule has 0 radical (unpaired) electrons. The minimum atomic E-state index is 0.0982. The Labute approximate surface area is 165 Å². The van der Waals surface area contributed by atoms with E-state index >= 15 is 0 Å². The summed E-state index contributed by atoms with van der Waals surface area (Å²) in [4.78, 5) is 21.3. The second-order valence-electron chi connectivity index (χ2n) is 7.36. The smallest absolute Gasteiger partial charge is 0.253 e. The SMILES string of the molecule is Cc1ccc(C)c(N2CCN(C(=O)c3cccc(Cn4cncn4)c3)CC2)c1. The van der Waals surface area contributed by atoms with E-state index in [1.807, 2.05) is 29.2 Å². The summed E-state index contributed by atoms with van der Waals surface area (Å²) in [6.07, 6.45) is 3.20. The van der Waals surface area contributed by atoms with Gasteiger partial charge in [0.2, 0.25) is 0 Å². The van der Waals surface area contributed by atoms with E-state index in [0.29, 0.717) is 6.54 Å². The molecular formula is C22H25N5O. The number of hydrogen-bond acceptors (Lipinski definition) is 4. The average molecular weight is 375 g/mol. The Morgan fingerprint density at radius 2 is 1.86 bits per heavy atom. The molecule has 4 rings (SSSR count). The van der Waals surface area contributed by atoms with E-state index in [1.165, 1.54) is 23.1 Å². The summed E-state index contributed by atoms with van der Waals surface area (Å²) in [5.74, 6) is 0.0982. The molecule has 1 amide bonds. The molecule has 0 saturated carbocycles. The van der Waals surface area contributed by atoms with Crippen molar-refractivity contribution >= 4 is 11.6 Å². The highest BCUT2D eigenvalue weighted by molar-refractivity contribution is 5.94. The van der Waals surface area contributed by atoms with Crippen molar-refractivity contribution in [1.82, 2.24) is 19.7 Å². The maximum Gasteiger partial charge on any atom is 0.253 e. The van der Waals surface area contributed by atoms with Crippen LogP contribution in [0.1, 0.15) is 27.0 Å². The number of aromatic nitrogens is 3. The largest absolute Gasteiger partial charge is 0.368 e. The third-order valence-corrected chi connectivity index (χ3v) is 5.26. The van der Waals surface area contributed by atoms with Gasteiger partial charge in [0.1, 0.15) is 12.7 Å². The van der Waals surface area contributed by atoms with Crippen molar-refractivity contribution in [3.63, 3.8) is 0 Å². The van der Waals surface area contributed by atoms with Crippen molar-refractivity contribution in [2.24, 2.45) is 0 Å². The summed E-state index contributed by atoms with van der Waals surface area (Å²) in [5, 5.41) is 4.13. The predicted molar refractivity (Wildman–Crippen MR) is 110 cm³/mol. The zero-order valence-corrected chi connectivity index (χ0v) is 16.4. The van der Waals surface area contributed by atoms with Gasteiger partial charge >= 0.3 is 0 Å². The van der Waals surface area contributed by atoms with E-state index in [9.17, 15) is 4.79 Å². The van der Waals surface area contributed by atoms with Gasteiger partial charge in [0.05, 0.1) is 6.54 Å². The average Bonchev–Trinajstić information content (AvgIpc) is 3.23. The molecule has 1 aromatic heterocycles. The Bertz CT molecular complexity index is 959. The van der Waals surface area contributed by atoms with Gasteiger partial charge in [-0.3, -0.25) is 4.79 Å². The zero-order chi connectivity index (χ0) is 19.5. The first-order valence-corrected chi connectivity index (χ1v) is 9.63. The molecule has 6 nitrogen and oxygen atoms in total. The number of hydrogen-bond donors (Lipinski definition) is 0. The van der Waals surface area contributed by atoms with Crippen LogP contribution in [0.3, 0.4) is 0 Å². The number of amides is 1. The van der Waals surface area contributed by atoms with Crippen LogP contribution in [0.5, 0.6) is 0 Å². The first-order valence-electron chi connectivity index (χ1n) is 9.63. The molecule has 0 N–H and O–H groups in total. The monoisotopic (exact) mass is 375 g/mol. The van der Waals surface area contributed by atoms with Gasteiger partial charge in [0, 0.05) is 37.4 Å². The lowest BCUT2D eigenvalue weighted by Gasteiger charge is -2.37. The normalized spacial score (nSPS) is 14.4. The molecule has 1 aliphatic rings. The van der Waals surface area contributed by atoms with Crippen LogP contribution in [-0.2, 0) is 6.54 Å². The van der Waals surface area contributed by atoms with Crippen molar-refractivity contribution < 1.29 is 4.79 Å². The fourth-order valence-electron chi connectivity index (χ4n) is 3.70. The molecule has 3 aromatic rings. The van der Waals surface area contributed by atoms with Crippen molar-refractivity contribution in [2.75, 3.05) is 31.1 Å². The van der Waals surface area contributed by atoms with Gasteiger partial charge in [-0.15, -0.1) is 0 Å². The number of carbonyl (C=O) groups is 1. The summed E-state index contributed by atoms with van der Waals surface area (Å²) < 4.78 is 1.76. The van der Waals surface area contributed by atoms with Gasteiger partial charge in [-0.1, -0.05) is 24.3 Å². The molecule has 2 aromatic carbocycles. The first kappa shape index (κ1) is 18.2. The second-order valence-corrected chi connectivity index (χ2v) is 7.36. The molecule has 0 aliphatic carbocycles. The van der Waals surface area contributed by atoms with E-state index < -0.39 is 0 Å². The van der Waals surface area contributed by atoms with Gasteiger partial charge in [0.25, 0.3) is 5.91 Å². The topological polar surface area (TPSA) is 54.3 Å². The number of carbonyl (C=O) groups excluding carboxylic acids is 1. The van der Waals surface area contributed by atoms with E-state index in [1.54, 1.807) is 11.0 Å². The van der Waals surface area contributed by atoms with E-state index in [4.69, 9.17) is 0 Å². The fourth-order valence-corrected chi connectivity index (χ4v) is 3.70. The van der Waals surface area contributed by atoms with Gasteiger partial charge in [0.15, 0.2) is 0 Å². The molecule has 1 fully saturated rings. The molecule has 0 atom stereocenters. The third kappa shape index (κ3) is 3.91. The second kappa shape index (κ2) is 7.84. The highest BCUT2D eigenvalue weighted by Crippen LogP contribution is 2.23. The molecular weight excluding hydrogens is 350 g/mol. The van der Waals surface area contributed by atoms with Crippen LogP contribution in [0.25, 0.3) is 0 Å². The maximum atomic E-state index is 13.0. The van der Waals surface area contributed by atoms with Crippen molar-refractivity contribution in [2.45, 2.75) is 20.4 Å². The maximum absolute atomic E-state index is 13.0. The Morgan fingerprint density at radius 1 is 1.04 bits per heavy atom. The van der Waals surface area contributed by atoms with Crippen molar-refractivity contribution in [3.05, 3.63) is 77.4 Å². The highest BCUT2D eigenvalue weighted by atomic mass is 16.2. The van der Waals surface area contributed by atoms with Gasteiger partial charge in [-0.2, -0.15) is 5.10 Å². The van der Waals surface area contributed by atoms with E-state index in [0.717, 1.165) is 37.3 Å². The predicted octanol–water partition coefficient (Wildman–Crippen LogP) is 2.91. The lowest BCUT2D eigenvalue weighted by atomic mass is 10.1. The molecule has 0 spiro atoms. The standard InChI is InChI=1S/C22H25N5O/c1-17-6-7-18(2)21(12-17)25-8-10-26(11-9-25)22(28)20-5-3-4-19(13-20)14-27-16-23-15-24-27/h3-7,12-13,15-16H,8-11,14H2,1-2H3. The zero-order valence-electron chi connectivity index (χ0n) is 16.4. The van der Waals surface area contributed by atoms with Crippen LogP contribution in [0.15, 0.2) is 55.1 Å². The fraction of sp³-hybridized carbons (Fsp3) is 0.318. The Kier molecular flexibility index (Phi) is 5.10. The molecule has 6 heteroatoms. The number of anilines is 1. The van der Waals surface area contributed by atoms with Crippen molar-refractivity contribution in [1.29, 1.82) is 0 Å². The van der Waals surface area contributed by atoms with Crippen LogP contribution in [0.2, 0.25) is 0 Å². The summed E-state index contributed by atoms with van der Waals surface area (Å²) in [6, 6.07) is 14.3. The lowest BCUT2D eigenvalue weighted by Crippen LogP contribution is -2.49. The molecule has 0 bridgehead atoms. The summed E-state index contributed by atoms with van der Waals surface area (Å²) in [6.45, 7) is 8.06. The molecule has 28 heavy (non-hydrogen) atoms. The minimum Gasteiger partial charge on any atom is -0.368 e. The van der Waals surface area contributed by atoms with Crippen LogP contribution in [0.4, 0.5) is 5.69 Å². The summed E-state index contributed by atoms with van der Waals surface area (Å²) in [5.41, 5.74) is 5.61. The minimum absolute atomic E-state index is 0.0982. The van der Waals surface area contributed by atoms with Crippen LogP contribution >= 0.6 is 0 Å². The van der Waals surface area contributed by atoms with Crippen LogP contribution < -0.4 is 4.90 Å². The molecule has 144 valence electrons. The molecule has 1 aliphatic heterocycles. The lowest BCUT2D eigenvalue weighted by molar-refractivity contribution is 0.0746. The third-order valence-electron chi connectivity index (χ3n) is 5.26. The Hall–Kier alpha value is -3.15. The summed E-state index contributed by atoms with van der Waals surface area (Å²) in [7, 11) is 0. The Morgan fingerprint density at radius 3 is 2.61 bits per heavy atom. The quantitative estimate of drug-likeness (QED) is 0.704. The van der Waals surface area contributed by atoms with E-state index in [-0.39, 0.29) is 5.91 Å². The number of aryl methyl sites for hydroxylation is 2. The van der Waals surface area contributed by atoms with Crippen LogP contribution in [0, 0.1) is 13.8 Å². The highest BCUT2D eigenvalue weighted by Gasteiger charge is 2.23. The van der Waals surface area contributed by atoms with E-state index in [2.05, 4.69) is 47.0 Å². The number of benzene rings is 2. The number of rotatable bonds is 4.